The molecule has 1 fully saturated rings. The summed E-state index contributed by atoms with van der Waals surface area (Å²) in [6.07, 6.45) is 9.65. The fourth-order valence-corrected chi connectivity index (χ4v) is 5.05. The Kier molecular flexibility index (Phi) is 8.99. The number of fused-ring (bicyclic) bond motifs is 1. The molecule has 3 heteroatoms. The van der Waals surface area contributed by atoms with Crippen LogP contribution in [0.25, 0.3) is 21.9 Å². The minimum atomic E-state index is -0.826. The molecule has 0 spiro atoms. The first-order chi connectivity index (χ1) is 14.8. The Morgan fingerprint density at radius 3 is 2.13 bits per heavy atom. The Bertz CT molecular complexity index is 955. The van der Waals surface area contributed by atoms with Gasteiger partial charge in [0.1, 0.15) is 0 Å². The monoisotopic (exact) mass is 531 g/mol. The van der Waals surface area contributed by atoms with Gasteiger partial charge in [-0.05, 0) is 41.2 Å². The van der Waals surface area contributed by atoms with Gasteiger partial charge in [-0.2, -0.15) is 6.07 Å². The number of benzene rings is 2. The van der Waals surface area contributed by atoms with Crippen molar-refractivity contribution < 1.29 is 20.8 Å². The predicted molar refractivity (Wildman–Crippen MR) is 135 cm³/mol. The summed E-state index contributed by atoms with van der Waals surface area (Å²) in [6, 6.07) is 20.9. The molecule has 1 aliphatic carbocycles. The van der Waals surface area contributed by atoms with Crippen molar-refractivity contribution in [3.8, 4) is 11.1 Å². The molecular formula is C28H35Cl2Zr-. The van der Waals surface area contributed by atoms with Crippen molar-refractivity contribution in [1.82, 2.24) is 0 Å². The van der Waals surface area contributed by atoms with E-state index in [4.69, 9.17) is 17.0 Å². The number of halogens is 2. The molecular weight excluding hydrogens is 498 g/mol. The Hall–Kier alpha value is -0.487. The summed E-state index contributed by atoms with van der Waals surface area (Å²) in [5.74, 6) is 0. The first-order valence-corrected chi connectivity index (χ1v) is 17.8. The van der Waals surface area contributed by atoms with Crippen LogP contribution in [0.3, 0.4) is 0 Å². The molecule has 1 saturated carbocycles. The van der Waals surface area contributed by atoms with E-state index in [-0.39, 0.29) is 5.41 Å². The summed E-state index contributed by atoms with van der Waals surface area (Å²) in [6.45, 7) is 9.35. The number of rotatable bonds is 3. The van der Waals surface area contributed by atoms with E-state index in [1.807, 2.05) is 0 Å². The summed E-state index contributed by atoms with van der Waals surface area (Å²) in [4.78, 5) is 0. The first-order valence-electron chi connectivity index (χ1n) is 11.5. The average Bonchev–Trinajstić information content (AvgIpc) is 3.00. The summed E-state index contributed by atoms with van der Waals surface area (Å²) in [5, 5.41) is 2.81. The van der Waals surface area contributed by atoms with E-state index in [1.54, 1.807) is 0 Å². The zero-order chi connectivity index (χ0) is 22.5. The van der Waals surface area contributed by atoms with Crippen LogP contribution in [0.1, 0.15) is 77.3 Å². The van der Waals surface area contributed by atoms with Crippen molar-refractivity contribution in [2.45, 2.75) is 78.1 Å². The van der Waals surface area contributed by atoms with E-state index in [2.05, 4.69) is 82.3 Å². The first kappa shape index (κ1) is 25.1. The predicted octanol–water partition coefficient (Wildman–Crippen LogP) is 9.80. The van der Waals surface area contributed by atoms with Crippen molar-refractivity contribution in [3.63, 3.8) is 0 Å². The molecule has 0 amide bonds. The number of hydrogen-bond donors (Lipinski definition) is 0. The van der Waals surface area contributed by atoms with Crippen LogP contribution in [-0.2, 0) is 32.7 Å². The molecule has 0 heterocycles. The third-order valence-electron chi connectivity index (χ3n) is 6.81. The molecule has 0 atom stereocenters. The van der Waals surface area contributed by atoms with Crippen LogP contribution in [0.5, 0.6) is 0 Å². The Labute approximate surface area is 207 Å². The molecule has 166 valence electrons. The third kappa shape index (κ3) is 6.75. The Morgan fingerprint density at radius 2 is 1.55 bits per heavy atom. The van der Waals surface area contributed by atoms with Crippen LogP contribution in [0.2, 0.25) is 0 Å². The standard InChI is InChI=1S/C28H35.2ClH.Zr/c1-27(2,3)24-14-12-22(13-15-24)25-11-9-10-23-18-21(19-26(23)25)20-28(4)16-7-5-6-8-17-28;;;/h9-15,18-19H,5-8,16-17,20H2,1-4H3;2*1H;/q-1;;;+2/p-2. The molecule has 0 nitrogen and oxygen atoms in total. The van der Waals surface area contributed by atoms with Gasteiger partial charge in [0.2, 0.25) is 0 Å². The van der Waals surface area contributed by atoms with E-state index in [1.165, 1.54) is 78.0 Å². The zero-order valence-corrected chi connectivity index (χ0v) is 23.4. The van der Waals surface area contributed by atoms with Crippen molar-refractivity contribution in [2.24, 2.45) is 5.41 Å². The molecule has 3 aromatic rings. The second-order valence-electron chi connectivity index (χ2n) is 10.5. The van der Waals surface area contributed by atoms with Crippen LogP contribution in [0.15, 0.2) is 54.6 Å². The summed E-state index contributed by atoms with van der Waals surface area (Å²) >= 11 is -0.826. The van der Waals surface area contributed by atoms with E-state index in [0.29, 0.717) is 5.41 Å². The molecule has 0 saturated heterocycles. The molecule has 0 aromatic heterocycles. The quantitative estimate of drug-likeness (QED) is 0.232. The topological polar surface area (TPSA) is 0 Å². The van der Waals surface area contributed by atoms with Crippen molar-refractivity contribution in [3.05, 3.63) is 65.7 Å². The van der Waals surface area contributed by atoms with Gasteiger partial charge in [0, 0.05) is 0 Å². The van der Waals surface area contributed by atoms with Gasteiger partial charge in [0.25, 0.3) is 0 Å². The minimum absolute atomic E-state index is 0.201. The van der Waals surface area contributed by atoms with Crippen LogP contribution in [0.4, 0.5) is 0 Å². The second kappa shape index (κ2) is 11.1. The Balaban J connectivity index is 0.000000858. The SMILES string of the molecule is CC1(Cc2cc3c(-c4ccc(C(C)(C)C)cc4)cccc3[cH-]2)CCCCCC1.[Cl][Zr][Cl]. The molecule has 4 rings (SSSR count). The van der Waals surface area contributed by atoms with Gasteiger partial charge >= 0.3 is 37.9 Å². The fraction of sp³-hybridized carbons (Fsp3) is 0.464. The van der Waals surface area contributed by atoms with Gasteiger partial charge in [-0.15, -0.1) is 34.5 Å². The van der Waals surface area contributed by atoms with Gasteiger partial charge in [-0.3, -0.25) is 0 Å². The van der Waals surface area contributed by atoms with Gasteiger partial charge < -0.3 is 0 Å². The normalized spacial score (nSPS) is 16.3. The third-order valence-corrected chi connectivity index (χ3v) is 6.81. The molecule has 0 aliphatic heterocycles. The van der Waals surface area contributed by atoms with Crippen molar-refractivity contribution >= 4 is 27.8 Å². The molecule has 0 radical (unpaired) electrons. The van der Waals surface area contributed by atoms with Gasteiger partial charge in [-0.25, -0.2) is 0 Å². The Morgan fingerprint density at radius 1 is 0.935 bits per heavy atom. The zero-order valence-electron chi connectivity index (χ0n) is 19.4. The van der Waals surface area contributed by atoms with Gasteiger partial charge in [0.15, 0.2) is 0 Å². The molecule has 0 N–H and O–H groups in total. The van der Waals surface area contributed by atoms with Crippen LogP contribution >= 0.6 is 17.0 Å². The fourth-order valence-electron chi connectivity index (χ4n) is 5.05. The molecule has 1 aliphatic rings. The van der Waals surface area contributed by atoms with E-state index >= 15 is 0 Å². The van der Waals surface area contributed by atoms with Crippen molar-refractivity contribution in [2.75, 3.05) is 0 Å². The van der Waals surface area contributed by atoms with E-state index in [9.17, 15) is 0 Å². The van der Waals surface area contributed by atoms with Gasteiger partial charge in [-0.1, -0.05) is 89.3 Å². The van der Waals surface area contributed by atoms with Crippen LogP contribution in [-0.4, -0.2) is 0 Å². The molecule has 0 unspecified atom stereocenters. The second-order valence-corrected chi connectivity index (χ2v) is 14.2. The summed E-state index contributed by atoms with van der Waals surface area (Å²) in [7, 11) is 9.87. The maximum atomic E-state index is 4.93. The van der Waals surface area contributed by atoms with Crippen LogP contribution in [0, 0.1) is 5.41 Å². The van der Waals surface area contributed by atoms with Crippen molar-refractivity contribution in [1.29, 1.82) is 0 Å². The van der Waals surface area contributed by atoms with Gasteiger partial charge in [0.05, 0.1) is 0 Å². The summed E-state index contributed by atoms with van der Waals surface area (Å²) < 4.78 is 0. The van der Waals surface area contributed by atoms with E-state index in [0.717, 1.165) is 0 Å². The summed E-state index contributed by atoms with van der Waals surface area (Å²) in [5.41, 5.74) is 6.31. The molecule has 0 bridgehead atoms. The maximum absolute atomic E-state index is 4.93. The van der Waals surface area contributed by atoms with E-state index < -0.39 is 20.8 Å². The number of hydrogen-bond acceptors (Lipinski definition) is 0. The molecule has 31 heavy (non-hydrogen) atoms. The van der Waals surface area contributed by atoms with Crippen LogP contribution < -0.4 is 0 Å². The molecule has 3 aromatic carbocycles. The average molecular weight is 534 g/mol.